The van der Waals surface area contributed by atoms with Gasteiger partial charge in [-0.15, -0.1) is 0 Å². The smallest absolute Gasteiger partial charge is 0.244 e. The molecule has 10 nitrogen and oxygen atoms in total. The molecule has 0 unspecified atom stereocenters. The summed E-state index contributed by atoms with van der Waals surface area (Å²) in [6, 6.07) is 3.70. The Bertz CT molecular complexity index is 919. The SMILES string of the molecule is C1CCCCC1.CO.O=C1CNc2nc(-c3ccc(-c4ncn[nH]4)nc3)cnc2N1.[HH]. The molecule has 10 heteroatoms. The zero-order valence-electron chi connectivity index (χ0n) is 16.9. The molecular weight excluding hydrogens is 384 g/mol. The van der Waals surface area contributed by atoms with E-state index in [4.69, 9.17) is 5.11 Å². The molecule has 2 aliphatic rings. The molecule has 1 amide bonds. The summed E-state index contributed by atoms with van der Waals surface area (Å²) in [5.41, 5.74) is 2.17. The van der Waals surface area contributed by atoms with Crippen molar-refractivity contribution in [2.75, 3.05) is 24.3 Å². The van der Waals surface area contributed by atoms with E-state index in [0.717, 1.165) is 12.7 Å². The Kier molecular flexibility index (Phi) is 7.78. The van der Waals surface area contributed by atoms with E-state index < -0.39 is 0 Å². The molecule has 0 aromatic carbocycles. The van der Waals surface area contributed by atoms with Gasteiger partial charge in [0.25, 0.3) is 0 Å². The standard InChI is InChI=1S/C13H10N8O.C6H12.CH4O.H2/c22-10-5-16-12-13(20-10)15-4-9(19-12)7-1-2-8(14-3-7)11-17-6-18-21-11;1-2-4-6-5-3-1;1-2;/h1-4,6H,5H2,(H,16,19)(H,15,20,22)(H,17,18,21);1-6H2;2H,1H3;1H. The molecule has 3 aromatic rings. The maximum Gasteiger partial charge on any atom is 0.244 e. The second-order valence-corrected chi connectivity index (χ2v) is 6.74. The number of fused-ring (bicyclic) bond motifs is 1. The van der Waals surface area contributed by atoms with Gasteiger partial charge in [-0.3, -0.25) is 14.9 Å². The van der Waals surface area contributed by atoms with E-state index in [2.05, 4.69) is 40.8 Å². The maximum atomic E-state index is 11.3. The van der Waals surface area contributed by atoms with Crippen molar-refractivity contribution in [3.63, 3.8) is 0 Å². The third kappa shape index (κ3) is 5.57. The molecular formula is C20H28N8O2. The van der Waals surface area contributed by atoms with Gasteiger partial charge < -0.3 is 15.7 Å². The third-order valence-corrected chi connectivity index (χ3v) is 4.66. The maximum absolute atomic E-state index is 11.3. The highest BCUT2D eigenvalue weighted by molar-refractivity contribution is 5.98. The number of nitrogens with zero attached hydrogens (tertiary/aromatic N) is 5. The molecule has 4 N–H and O–H groups in total. The Morgan fingerprint density at radius 3 is 2.23 bits per heavy atom. The number of H-pyrrole nitrogens is 1. The summed E-state index contributed by atoms with van der Waals surface area (Å²) >= 11 is 0. The lowest BCUT2D eigenvalue weighted by atomic mass is 10.0. The summed E-state index contributed by atoms with van der Waals surface area (Å²) in [7, 11) is 1.00. The van der Waals surface area contributed by atoms with Crippen molar-refractivity contribution >= 4 is 17.5 Å². The Morgan fingerprint density at radius 2 is 1.63 bits per heavy atom. The predicted octanol–water partition coefficient (Wildman–Crippen LogP) is 2.88. The van der Waals surface area contributed by atoms with Gasteiger partial charge in [-0.1, -0.05) is 38.5 Å². The van der Waals surface area contributed by atoms with Gasteiger partial charge in [0.1, 0.15) is 12.0 Å². The molecule has 0 spiro atoms. The summed E-state index contributed by atoms with van der Waals surface area (Å²) in [6.45, 7) is 0.188. The molecule has 160 valence electrons. The third-order valence-electron chi connectivity index (χ3n) is 4.66. The molecule has 3 aromatic heterocycles. The van der Waals surface area contributed by atoms with Crippen LogP contribution in [0.3, 0.4) is 0 Å². The van der Waals surface area contributed by atoms with E-state index in [0.29, 0.717) is 28.8 Å². The van der Waals surface area contributed by atoms with Gasteiger partial charge in [0.2, 0.25) is 5.91 Å². The Labute approximate surface area is 176 Å². The number of nitrogens with one attached hydrogen (secondary N) is 3. The molecule has 1 saturated carbocycles. The van der Waals surface area contributed by atoms with E-state index in [-0.39, 0.29) is 13.9 Å². The highest BCUT2D eigenvalue weighted by Gasteiger charge is 2.17. The number of pyridine rings is 1. The fraction of sp³-hybridized carbons (Fsp3) is 0.400. The zero-order chi connectivity index (χ0) is 21.2. The highest BCUT2D eigenvalue weighted by Crippen LogP contribution is 2.25. The quantitative estimate of drug-likeness (QED) is 0.503. The lowest BCUT2D eigenvalue weighted by molar-refractivity contribution is -0.114. The van der Waals surface area contributed by atoms with Gasteiger partial charge in [0.15, 0.2) is 17.5 Å². The molecule has 0 bridgehead atoms. The largest absolute Gasteiger partial charge is 0.400 e. The van der Waals surface area contributed by atoms with Crippen LogP contribution in [0.25, 0.3) is 22.8 Å². The molecule has 30 heavy (non-hydrogen) atoms. The average Bonchev–Trinajstić information content (AvgIpc) is 3.37. The minimum absolute atomic E-state index is 0. The van der Waals surface area contributed by atoms with Crippen molar-refractivity contribution in [1.29, 1.82) is 0 Å². The van der Waals surface area contributed by atoms with Crippen LogP contribution < -0.4 is 10.6 Å². The summed E-state index contributed by atoms with van der Waals surface area (Å²) < 4.78 is 0. The number of carbonyl (C=O) groups excluding carboxylic acids is 1. The number of aliphatic hydroxyl groups is 1. The van der Waals surface area contributed by atoms with Crippen LogP contribution in [-0.2, 0) is 4.79 Å². The second-order valence-electron chi connectivity index (χ2n) is 6.74. The molecule has 4 heterocycles. The fourth-order valence-electron chi connectivity index (χ4n) is 3.16. The first-order valence-corrected chi connectivity index (χ1v) is 9.97. The van der Waals surface area contributed by atoms with Crippen LogP contribution in [0.1, 0.15) is 40.0 Å². The van der Waals surface area contributed by atoms with E-state index in [1.165, 1.54) is 44.9 Å². The number of aliphatic hydroxyl groups excluding tert-OH is 1. The van der Waals surface area contributed by atoms with Gasteiger partial charge in [-0.05, 0) is 12.1 Å². The summed E-state index contributed by atoms with van der Waals surface area (Å²) in [5.74, 6) is 1.46. The average molecular weight is 412 g/mol. The number of aromatic amines is 1. The molecule has 1 fully saturated rings. The van der Waals surface area contributed by atoms with Crippen molar-refractivity contribution in [2.24, 2.45) is 0 Å². The van der Waals surface area contributed by atoms with E-state index in [1.54, 1.807) is 12.4 Å². The van der Waals surface area contributed by atoms with Crippen molar-refractivity contribution in [1.82, 2.24) is 30.1 Å². The first-order valence-electron chi connectivity index (χ1n) is 9.97. The van der Waals surface area contributed by atoms with Crippen LogP contribution >= 0.6 is 0 Å². The summed E-state index contributed by atoms with van der Waals surface area (Å²) in [5, 5.41) is 19.1. The van der Waals surface area contributed by atoms with Crippen LogP contribution in [0.2, 0.25) is 0 Å². The van der Waals surface area contributed by atoms with Crippen molar-refractivity contribution in [3.8, 4) is 22.8 Å². The predicted molar refractivity (Wildman–Crippen MR) is 116 cm³/mol. The molecule has 5 rings (SSSR count). The zero-order valence-corrected chi connectivity index (χ0v) is 16.9. The fourth-order valence-corrected chi connectivity index (χ4v) is 3.16. The monoisotopic (exact) mass is 412 g/mol. The van der Waals surface area contributed by atoms with E-state index >= 15 is 0 Å². The van der Waals surface area contributed by atoms with Crippen LogP contribution in [0, 0.1) is 0 Å². The van der Waals surface area contributed by atoms with Crippen LogP contribution in [0.4, 0.5) is 11.6 Å². The number of amides is 1. The topological polar surface area (TPSA) is 142 Å². The molecule has 0 radical (unpaired) electrons. The number of carbonyl (C=O) groups is 1. The van der Waals surface area contributed by atoms with E-state index in [9.17, 15) is 4.79 Å². The molecule has 1 aliphatic heterocycles. The van der Waals surface area contributed by atoms with Gasteiger partial charge in [0.05, 0.1) is 18.4 Å². The number of aromatic nitrogens is 6. The van der Waals surface area contributed by atoms with Gasteiger partial charge in [-0.2, -0.15) is 5.10 Å². The van der Waals surface area contributed by atoms with Crippen LogP contribution in [0.5, 0.6) is 0 Å². The lowest BCUT2D eigenvalue weighted by Crippen LogP contribution is -2.28. The van der Waals surface area contributed by atoms with Crippen molar-refractivity contribution < 1.29 is 11.3 Å². The number of rotatable bonds is 2. The minimum Gasteiger partial charge on any atom is -0.400 e. The highest BCUT2D eigenvalue weighted by atomic mass is 16.2. The second kappa shape index (κ2) is 11.0. The van der Waals surface area contributed by atoms with Crippen LogP contribution in [0.15, 0.2) is 30.9 Å². The molecule has 1 aliphatic carbocycles. The number of hydrogen-bond acceptors (Lipinski definition) is 8. The Hall–Kier alpha value is -3.40. The number of hydrogen-bond donors (Lipinski definition) is 4. The van der Waals surface area contributed by atoms with E-state index in [1.807, 2.05) is 12.1 Å². The first-order chi connectivity index (χ1) is 14.8. The number of anilines is 2. The normalized spacial score (nSPS) is 14.7. The Morgan fingerprint density at radius 1 is 0.900 bits per heavy atom. The summed E-state index contributed by atoms with van der Waals surface area (Å²) in [6.07, 6.45) is 13.7. The van der Waals surface area contributed by atoms with Crippen molar-refractivity contribution in [2.45, 2.75) is 38.5 Å². The van der Waals surface area contributed by atoms with Crippen LogP contribution in [-0.4, -0.2) is 54.8 Å². The van der Waals surface area contributed by atoms with Crippen molar-refractivity contribution in [3.05, 3.63) is 30.9 Å². The lowest BCUT2D eigenvalue weighted by Gasteiger charge is -2.16. The minimum atomic E-state index is -0.132. The van der Waals surface area contributed by atoms with Gasteiger partial charge in [-0.25, -0.2) is 15.0 Å². The first kappa shape index (κ1) is 21.3. The van der Waals surface area contributed by atoms with Gasteiger partial charge >= 0.3 is 0 Å². The van der Waals surface area contributed by atoms with Gasteiger partial charge in [0, 0.05) is 20.3 Å². The summed E-state index contributed by atoms with van der Waals surface area (Å²) in [4.78, 5) is 28.3. The molecule has 0 saturated heterocycles. The Balaban J connectivity index is 0.000000326. The molecule has 0 atom stereocenters.